The largest absolute Gasteiger partial charge is 0.481 e. The molecule has 0 aliphatic carbocycles. The molecule has 7 nitrogen and oxygen atoms in total. The van der Waals surface area contributed by atoms with Crippen LogP contribution in [0.4, 0.5) is 0 Å². The van der Waals surface area contributed by atoms with Crippen LogP contribution < -0.4 is 15.2 Å². The van der Waals surface area contributed by atoms with E-state index in [2.05, 4.69) is 10.3 Å². The second-order valence-electron chi connectivity index (χ2n) is 4.46. The SMILES string of the molecule is COc1ccc(C(=O)NCc2ccc(S(N)(=O)=O)cc2)cn1. The summed E-state index contributed by atoms with van der Waals surface area (Å²) in [5, 5.41) is 7.72. The fourth-order valence-electron chi connectivity index (χ4n) is 1.72. The summed E-state index contributed by atoms with van der Waals surface area (Å²) in [5.74, 6) is 0.140. The first-order valence-electron chi connectivity index (χ1n) is 6.30. The summed E-state index contributed by atoms with van der Waals surface area (Å²) in [4.78, 5) is 15.9. The van der Waals surface area contributed by atoms with Gasteiger partial charge in [-0.2, -0.15) is 0 Å². The molecular formula is C14H15N3O4S. The van der Waals surface area contributed by atoms with Crippen LogP contribution in [0.15, 0.2) is 47.5 Å². The van der Waals surface area contributed by atoms with Crippen LogP contribution in [0.2, 0.25) is 0 Å². The molecule has 22 heavy (non-hydrogen) atoms. The molecule has 0 spiro atoms. The first kappa shape index (κ1) is 15.9. The van der Waals surface area contributed by atoms with Crippen LogP contribution in [0.3, 0.4) is 0 Å². The molecular weight excluding hydrogens is 306 g/mol. The fraction of sp³-hybridized carbons (Fsp3) is 0.143. The van der Waals surface area contributed by atoms with Crippen molar-refractivity contribution in [2.45, 2.75) is 11.4 Å². The second-order valence-corrected chi connectivity index (χ2v) is 6.02. The van der Waals surface area contributed by atoms with Gasteiger partial charge in [-0.25, -0.2) is 18.5 Å². The number of nitrogens with one attached hydrogen (secondary N) is 1. The molecule has 116 valence electrons. The lowest BCUT2D eigenvalue weighted by Crippen LogP contribution is -2.23. The highest BCUT2D eigenvalue weighted by Crippen LogP contribution is 2.09. The summed E-state index contributed by atoms with van der Waals surface area (Å²) in [6.45, 7) is 0.260. The summed E-state index contributed by atoms with van der Waals surface area (Å²) in [6.07, 6.45) is 1.41. The second kappa shape index (κ2) is 6.54. The van der Waals surface area contributed by atoms with Crippen molar-refractivity contribution in [3.63, 3.8) is 0 Å². The highest BCUT2D eigenvalue weighted by atomic mass is 32.2. The number of carbonyl (C=O) groups excluding carboxylic acids is 1. The van der Waals surface area contributed by atoms with Crippen molar-refractivity contribution < 1.29 is 17.9 Å². The third-order valence-corrected chi connectivity index (χ3v) is 3.84. The first-order valence-corrected chi connectivity index (χ1v) is 7.85. The molecule has 0 radical (unpaired) electrons. The van der Waals surface area contributed by atoms with E-state index in [0.717, 1.165) is 5.56 Å². The standard InChI is InChI=1S/C14H15N3O4S/c1-21-13-7-4-11(9-16-13)14(18)17-8-10-2-5-12(6-3-10)22(15,19)20/h2-7,9H,8H2,1H3,(H,17,18)(H2,15,19,20). The molecule has 1 aromatic carbocycles. The molecule has 8 heteroatoms. The minimum Gasteiger partial charge on any atom is -0.481 e. The highest BCUT2D eigenvalue weighted by molar-refractivity contribution is 7.89. The van der Waals surface area contributed by atoms with E-state index in [9.17, 15) is 13.2 Å². The number of primary sulfonamides is 1. The van der Waals surface area contributed by atoms with E-state index in [1.165, 1.54) is 25.4 Å². The molecule has 0 saturated carbocycles. The lowest BCUT2D eigenvalue weighted by Gasteiger charge is -2.06. The molecule has 2 rings (SSSR count). The van der Waals surface area contributed by atoms with Gasteiger partial charge in [0.2, 0.25) is 15.9 Å². The van der Waals surface area contributed by atoms with Gasteiger partial charge in [-0.15, -0.1) is 0 Å². The quantitative estimate of drug-likeness (QED) is 0.840. The van der Waals surface area contributed by atoms with Gasteiger partial charge in [0.1, 0.15) is 0 Å². The Morgan fingerprint density at radius 1 is 1.23 bits per heavy atom. The number of amides is 1. The Labute approximate surface area is 128 Å². The van der Waals surface area contributed by atoms with E-state index in [1.54, 1.807) is 24.3 Å². The average Bonchev–Trinajstić information content (AvgIpc) is 2.52. The molecule has 0 aliphatic heterocycles. The van der Waals surface area contributed by atoms with Gasteiger partial charge in [0.25, 0.3) is 5.91 Å². The molecule has 1 heterocycles. The molecule has 0 atom stereocenters. The minimum absolute atomic E-state index is 0.0296. The van der Waals surface area contributed by atoms with Gasteiger partial charge in [0.15, 0.2) is 0 Å². The lowest BCUT2D eigenvalue weighted by molar-refractivity contribution is 0.0950. The summed E-state index contributed by atoms with van der Waals surface area (Å²) >= 11 is 0. The zero-order chi connectivity index (χ0) is 16.2. The predicted octanol–water partition coefficient (Wildman–Crippen LogP) is 0.668. The summed E-state index contributed by atoms with van der Waals surface area (Å²) < 4.78 is 27.2. The molecule has 2 aromatic rings. The van der Waals surface area contributed by atoms with Crippen LogP contribution in [0, 0.1) is 0 Å². The molecule has 0 bridgehead atoms. The Morgan fingerprint density at radius 2 is 1.91 bits per heavy atom. The van der Waals surface area contributed by atoms with Gasteiger partial charge in [0.05, 0.1) is 17.6 Å². The number of rotatable bonds is 5. The van der Waals surface area contributed by atoms with E-state index >= 15 is 0 Å². The molecule has 0 unspecified atom stereocenters. The monoisotopic (exact) mass is 321 g/mol. The normalized spacial score (nSPS) is 11.0. The number of benzene rings is 1. The number of hydrogen-bond acceptors (Lipinski definition) is 5. The third-order valence-electron chi connectivity index (χ3n) is 2.91. The minimum atomic E-state index is -3.71. The average molecular weight is 321 g/mol. The molecule has 0 fully saturated rings. The van der Waals surface area contributed by atoms with Crippen molar-refractivity contribution in [3.8, 4) is 5.88 Å². The maximum Gasteiger partial charge on any atom is 0.253 e. The van der Waals surface area contributed by atoms with Crippen LogP contribution >= 0.6 is 0 Å². The number of nitrogens with zero attached hydrogens (tertiary/aromatic N) is 1. The number of ether oxygens (including phenoxy) is 1. The van der Waals surface area contributed by atoms with Gasteiger partial charge >= 0.3 is 0 Å². The number of hydrogen-bond donors (Lipinski definition) is 2. The molecule has 0 aliphatic rings. The van der Waals surface area contributed by atoms with Crippen LogP contribution in [-0.2, 0) is 16.6 Å². The van der Waals surface area contributed by atoms with Gasteiger partial charge < -0.3 is 10.1 Å². The van der Waals surface area contributed by atoms with Gasteiger partial charge in [-0.1, -0.05) is 12.1 Å². The Bertz CT molecular complexity index is 756. The smallest absolute Gasteiger partial charge is 0.253 e. The van der Waals surface area contributed by atoms with Gasteiger partial charge in [-0.05, 0) is 23.8 Å². The maximum absolute atomic E-state index is 11.9. The van der Waals surface area contributed by atoms with E-state index < -0.39 is 10.0 Å². The number of nitrogens with two attached hydrogens (primary N) is 1. The number of aromatic nitrogens is 1. The van der Waals surface area contributed by atoms with Crippen molar-refractivity contribution in [1.29, 1.82) is 0 Å². The summed E-state index contributed by atoms with van der Waals surface area (Å²) in [6, 6.07) is 9.16. The summed E-state index contributed by atoms with van der Waals surface area (Å²) in [5.41, 5.74) is 1.16. The van der Waals surface area contributed by atoms with E-state index in [1.807, 2.05) is 0 Å². The fourth-order valence-corrected chi connectivity index (χ4v) is 2.23. The number of carbonyl (C=O) groups is 1. The van der Waals surface area contributed by atoms with Crippen molar-refractivity contribution >= 4 is 15.9 Å². The Kier molecular flexibility index (Phi) is 4.74. The number of sulfonamides is 1. The zero-order valence-electron chi connectivity index (χ0n) is 11.8. The molecule has 3 N–H and O–H groups in total. The molecule has 0 saturated heterocycles. The molecule has 1 aromatic heterocycles. The van der Waals surface area contributed by atoms with Crippen molar-refractivity contribution in [2.75, 3.05) is 7.11 Å². The van der Waals surface area contributed by atoms with Crippen molar-refractivity contribution in [1.82, 2.24) is 10.3 Å². The maximum atomic E-state index is 11.9. The van der Waals surface area contributed by atoms with Gasteiger partial charge in [-0.3, -0.25) is 4.79 Å². The molecule has 1 amide bonds. The van der Waals surface area contributed by atoms with Crippen LogP contribution in [0.5, 0.6) is 5.88 Å². The highest BCUT2D eigenvalue weighted by Gasteiger charge is 2.08. The Hall–Kier alpha value is -2.45. The third kappa shape index (κ3) is 4.03. The van der Waals surface area contributed by atoms with Crippen LogP contribution in [0.1, 0.15) is 15.9 Å². The van der Waals surface area contributed by atoms with Crippen molar-refractivity contribution in [2.24, 2.45) is 5.14 Å². The topological polar surface area (TPSA) is 111 Å². The number of methoxy groups -OCH3 is 1. The van der Waals surface area contributed by atoms with Gasteiger partial charge in [0, 0.05) is 18.8 Å². The zero-order valence-corrected chi connectivity index (χ0v) is 12.6. The van der Waals surface area contributed by atoms with Crippen LogP contribution in [-0.4, -0.2) is 26.4 Å². The number of pyridine rings is 1. The van der Waals surface area contributed by atoms with E-state index in [-0.39, 0.29) is 17.3 Å². The summed E-state index contributed by atoms with van der Waals surface area (Å²) in [7, 11) is -2.21. The predicted molar refractivity (Wildman–Crippen MR) is 79.8 cm³/mol. The lowest BCUT2D eigenvalue weighted by atomic mass is 10.2. The van der Waals surface area contributed by atoms with Crippen LogP contribution in [0.25, 0.3) is 0 Å². The first-order chi connectivity index (χ1) is 10.4. The van der Waals surface area contributed by atoms with E-state index in [0.29, 0.717) is 11.4 Å². The Balaban J connectivity index is 1.98. The van der Waals surface area contributed by atoms with E-state index in [4.69, 9.17) is 9.88 Å². The Morgan fingerprint density at radius 3 is 2.41 bits per heavy atom. The van der Waals surface area contributed by atoms with Crippen molar-refractivity contribution in [3.05, 3.63) is 53.7 Å².